The van der Waals surface area contributed by atoms with Crippen molar-refractivity contribution < 1.29 is 185 Å². The molecule has 2 rings (SSSR count). The molecule has 0 aliphatic carbocycles. The van der Waals surface area contributed by atoms with Crippen molar-refractivity contribution in [2.24, 2.45) is 17.4 Å². The van der Waals surface area contributed by atoms with Crippen molar-refractivity contribution >= 4 is 169 Å². The first-order valence-corrected chi connectivity index (χ1v) is 46.3. The molecule has 0 aromatic carbocycles. The molecular weight excluding hydrogens is 1780 g/mol. The molecule has 22 N–H and O–H groups in total. The quantitative estimate of drug-likeness (QED) is 0.0153. The maximum Gasteiger partial charge on any atom is 0.335 e. The van der Waals surface area contributed by atoms with E-state index in [1.807, 2.05) is 0 Å². The average molecular weight is 1900 g/mol. The molecule has 0 radical (unpaired) electrons. The first-order valence-electron chi connectivity index (χ1n) is 38.9. The van der Waals surface area contributed by atoms with Crippen LogP contribution < -0.4 is 38.1 Å². The van der Waals surface area contributed by atoms with Crippen molar-refractivity contribution in [3.63, 3.8) is 0 Å². The predicted molar refractivity (Wildman–Crippen MR) is 442 cm³/mol. The topological polar surface area (TPSA) is 761 Å². The van der Waals surface area contributed by atoms with Crippen LogP contribution in [0, 0.1) is 5.92 Å². The number of hydroxylamine groups is 4. The smallest absolute Gasteiger partial charge is 0.335 e. The number of thioether (sulfide) groups is 4. The number of hydrogen-bond donors (Lipinski definition) is 20. The number of nitrogens with two attached hydrogens (primary N) is 2. The van der Waals surface area contributed by atoms with Gasteiger partial charge in [0.1, 0.15) is 59.6 Å². The highest BCUT2D eigenvalue weighted by Crippen LogP contribution is 2.19. The number of carbonyl (C=O) groups excluding carboxylic acids is 14. The van der Waals surface area contributed by atoms with E-state index in [4.69, 9.17) is 50.8 Å². The second-order valence-electron chi connectivity index (χ2n) is 27.1. The zero-order valence-electron chi connectivity index (χ0n) is 68.6. The maximum atomic E-state index is 12.4. The number of rotatable bonds is 71. The second kappa shape index (κ2) is 69.3. The van der Waals surface area contributed by atoms with E-state index in [9.17, 15) is 136 Å². The van der Waals surface area contributed by atoms with Gasteiger partial charge in [-0.2, -0.15) is 35.3 Å². The third kappa shape index (κ3) is 55.1. The lowest BCUT2D eigenvalue weighted by atomic mass is 10.0. The number of aliphatic carboxylic acids is 3. The fourth-order valence-electron chi connectivity index (χ4n) is 9.39. The number of aliphatic hydroxyl groups is 10. The number of nitrogens with one attached hydrogen (secondary N) is 5. The van der Waals surface area contributed by atoms with Crippen molar-refractivity contribution in [3.8, 4) is 0 Å². The standard InChI is InChI=1S/C33H59N3O16S3.C21H38N4O12S3.C17H22N2O10/c1-21(37)7-13-51-11-5-12-52-14-8-23(38)16-22(31(45)46)17-53-18-24(39)6-3-9-36-30(44)28(42)27(41)29(43)33(49)55(50)15-4-10-35-26(40)20-54-19-25(34-2)32(47)48;22-12(19(32)33)8-38-7-11(26)3-1-4-25-18(31)16(29)15(28)17(30)21(36)40(37)6-2-5-24-14(27)10-39-9-13(23)20(34)35;20-12-2-3-13(21)18(12)28-16(24)6-10-26-8-1-9-27-11-7-17(25)29-19-14(22)4-5-15(19)23/h22,25,27-29,32-34,41-43,47-49H,3-20H2,1-2H3,(H,35,40)(H,36,44)(H,45,46);12-13,15-17,21,28-30,36H,1-10,22-23H2,(H,24,27)(H,25,31)(H,32,33)(H,34,35);1-11H2/t22?,25?,27-,28-,29-,33-,55?;12?,13?,15-,16-,17-,21-,40?;/m00./s1. The number of nitrogens with zero attached hydrogens (tertiary/aromatic N) is 2. The molecule has 0 bridgehead atoms. The molecule has 2 saturated heterocycles. The molecule has 53 heteroatoms. The molecule has 47 nitrogen and oxygen atoms in total. The average Bonchev–Trinajstić information content (AvgIpc) is 1.81. The third-order valence-corrected chi connectivity index (χ3v) is 24.0. The number of hydrogen-bond acceptors (Lipinski definition) is 42. The zero-order chi connectivity index (χ0) is 93.8. The summed E-state index contributed by atoms with van der Waals surface area (Å²) in [6.07, 6.45) is -12.9. The molecule has 6 unspecified atom stereocenters. The van der Waals surface area contributed by atoms with Gasteiger partial charge in [-0.15, -0.1) is 21.9 Å². The van der Waals surface area contributed by atoms with Gasteiger partial charge in [0.05, 0.1) is 95.8 Å². The van der Waals surface area contributed by atoms with E-state index < -0.39 is 171 Å². The summed E-state index contributed by atoms with van der Waals surface area (Å²) in [4.78, 5) is 206. The summed E-state index contributed by atoms with van der Waals surface area (Å²) in [6.45, 7) is 3.37. The van der Waals surface area contributed by atoms with E-state index in [1.165, 1.54) is 6.92 Å². The minimum Gasteiger partial charge on any atom is -0.481 e. The van der Waals surface area contributed by atoms with Gasteiger partial charge in [0, 0.05) is 145 Å². The lowest BCUT2D eigenvalue weighted by Gasteiger charge is -2.25. The number of carboxylic acids is 3. The highest BCUT2D eigenvalue weighted by atomic mass is 32.2. The van der Waals surface area contributed by atoms with Gasteiger partial charge in [0.15, 0.2) is 29.4 Å². The molecule has 712 valence electrons. The van der Waals surface area contributed by atoms with Crippen LogP contribution in [0.4, 0.5) is 0 Å². The summed E-state index contributed by atoms with van der Waals surface area (Å²) in [7, 11) is -2.70. The van der Waals surface area contributed by atoms with Gasteiger partial charge >= 0.3 is 29.8 Å². The third-order valence-electron chi connectivity index (χ3n) is 16.5. The number of Topliss-reactive ketones (excluding diaryl/α,β-unsaturated/α-hetero) is 4. The molecule has 0 saturated carbocycles. The van der Waals surface area contributed by atoms with Crippen LogP contribution in [0.2, 0.25) is 0 Å². The Kier molecular flexibility index (Phi) is 65.5. The predicted octanol–water partition coefficient (Wildman–Crippen LogP) is -8.27. The number of aliphatic hydroxyl groups excluding tert-OH is 9. The lowest BCUT2D eigenvalue weighted by molar-refractivity contribution is -0.198. The summed E-state index contributed by atoms with van der Waals surface area (Å²) in [5.74, 6) is -11.9. The number of carbonyl (C=O) groups is 17. The van der Waals surface area contributed by atoms with Crippen LogP contribution >= 0.6 is 47.0 Å². The number of carboxylic acid groups (broad SMARTS) is 3. The number of likely N-dealkylation sites (N-methyl/N-ethyl adjacent to an activating group) is 1. The van der Waals surface area contributed by atoms with Gasteiger partial charge in [0.25, 0.3) is 35.4 Å². The minimum absolute atomic E-state index is 0.00797. The molecule has 14 atom stereocenters. The molecule has 8 amide bonds. The molecule has 124 heavy (non-hydrogen) atoms. The first-order chi connectivity index (χ1) is 58.6. The van der Waals surface area contributed by atoms with E-state index in [0.717, 1.165) is 47.0 Å². The van der Waals surface area contributed by atoms with Crippen molar-refractivity contribution in [3.05, 3.63) is 0 Å². The summed E-state index contributed by atoms with van der Waals surface area (Å²) in [5, 5.41) is 139. The Morgan fingerprint density at radius 3 is 1.12 bits per heavy atom. The fraction of sp³-hybridized carbons (Fsp3) is 0.761. The van der Waals surface area contributed by atoms with Crippen LogP contribution in [0.5, 0.6) is 0 Å². The second-order valence-corrected chi connectivity index (χ2v) is 34.5. The van der Waals surface area contributed by atoms with Crippen LogP contribution in [-0.2, 0) is 132 Å². The normalized spacial score (nSPS) is 16.1. The molecule has 0 aromatic heterocycles. The van der Waals surface area contributed by atoms with Crippen LogP contribution in [0.15, 0.2) is 0 Å². The molecular formula is C71H119N9O38S6. The number of ketones is 4. The number of imide groups is 2. The van der Waals surface area contributed by atoms with Crippen LogP contribution in [0.3, 0.4) is 0 Å². The van der Waals surface area contributed by atoms with Gasteiger partial charge in [-0.25, -0.2) is 9.59 Å². The summed E-state index contributed by atoms with van der Waals surface area (Å²) in [6, 6.07) is -2.80. The Balaban J connectivity index is 0.00000192. The van der Waals surface area contributed by atoms with Crippen LogP contribution in [-0.4, -0.2) is 401 Å². The van der Waals surface area contributed by atoms with Crippen molar-refractivity contribution in [2.45, 2.75) is 188 Å². The molecule has 0 spiro atoms. The van der Waals surface area contributed by atoms with Gasteiger partial charge in [-0.3, -0.25) is 80.3 Å². The van der Waals surface area contributed by atoms with E-state index >= 15 is 0 Å². The van der Waals surface area contributed by atoms with Gasteiger partial charge in [-0.05, 0) is 52.5 Å². The van der Waals surface area contributed by atoms with Crippen LogP contribution in [0.25, 0.3) is 0 Å². The number of ether oxygens (including phenoxy) is 4. The van der Waals surface area contributed by atoms with E-state index in [1.54, 1.807) is 7.05 Å². The first kappa shape index (κ1) is 117. The van der Waals surface area contributed by atoms with Gasteiger partial charge in [-0.1, -0.05) is 0 Å². The highest BCUT2D eigenvalue weighted by molar-refractivity contribution is 8.00. The Labute approximate surface area is 735 Å². The molecule has 0 aromatic rings. The van der Waals surface area contributed by atoms with E-state index in [0.29, 0.717) is 49.2 Å². The van der Waals surface area contributed by atoms with Gasteiger partial charge in [0.2, 0.25) is 11.8 Å². The Morgan fingerprint density at radius 1 is 0.419 bits per heavy atom. The summed E-state index contributed by atoms with van der Waals surface area (Å²) in [5.41, 5.74) is 6.61. The molecule has 2 heterocycles. The maximum absolute atomic E-state index is 12.4. The highest BCUT2D eigenvalue weighted by Gasteiger charge is 2.39. The minimum atomic E-state index is -2.20. The Hall–Kier alpha value is -6.79. The lowest BCUT2D eigenvalue weighted by Crippen LogP contribution is -2.52. The van der Waals surface area contributed by atoms with Gasteiger partial charge < -0.3 is 133 Å². The Morgan fingerprint density at radius 2 is 0.766 bits per heavy atom. The Bertz CT molecular complexity index is 3240. The zero-order valence-corrected chi connectivity index (χ0v) is 73.5. The van der Waals surface area contributed by atoms with Crippen molar-refractivity contribution in [1.82, 2.24) is 36.7 Å². The monoisotopic (exact) mass is 1900 g/mol. The molecule has 2 aliphatic rings. The van der Waals surface area contributed by atoms with Crippen molar-refractivity contribution in [2.75, 3.05) is 144 Å². The largest absolute Gasteiger partial charge is 0.481 e. The van der Waals surface area contributed by atoms with Crippen LogP contribution in [0.1, 0.15) is 116 Å². The molecule has 2 aliphatic heterocycles. The fourth-order valence-corrected chi connectivity index (χ4v) is 15.4. The van der Waals surface area contributed by atoms with E-state index in [-0.39, 0.29) is 236 Å². The summed E-state index contributed by atoms with van der Waals surface area (Å²) >= 11 is 4.29. The SMILES string of the molecule is CNC(CSCC(=O)NCCCS(=O)[C@H](O)[C@@H](O)[C@@H](O)[C@H](O)C(=O)NCCCC(=O)CSCC(CC(=O)CCOCCCOCCC(C)=O)C(=O)O)C(O)O.NC(CSCC(=O)CCCNC(=O)[C@@H](O)[C@H](O)[C@H](O)[C@@H](O)S(=O)CCCNC(=O)CSCC(N)C(=O)O)C(=O)O.O=C(CCOCCCOCCC(=O)ON1C(=O)CCC1=O)ON1C(=O)CCC1=O. The number of amides is 8. The summed E-state index contributed by atoms with van der Waals surface area (Å²) < 4.78 is 45.7. The van der Waals surface area contributed by atoms with Crippen molar-refractivity contribution in [1.29, 1.82) is 0 Å². The molecule has 2 fully saturated rings. The van der Waals surface area contributed by atoms with E-state index in [2.05, 4.69) is 36.3 Å².